The van der Waals surface area contributed by atoms with E-state index < -0.39 is 31.0 Å². The van der Waals surface area contributed by atoms with Gasteiger partial charge in [0.15, 0.2) is 0 Å². The highest BCUT2D eigenvalue weighted by molar-refractivity contribution is 5.77. The summed E-state index contributed by atoms with van der Waals surface area (Å²) in [5, 5.41) is 11.4. The average molecular weight is 292 g/mol. The SMILES string of the molecule is CCCCCCC(=O)NC1CC(F)(F)CCN1C(=O)O. The van der Waals surface area contributed by atoms with Crippen molar-refractivity contribution in [2.75, 3.05) is 6.54 Å². The molecule has 5 nitrogen and oxygen atoms in total. The molecule has 7 heteroatoms. The summed E-state index contributed by atoms with van der Waals surface area (Å²) in [6, 6.07) is 0. The standard InChI is InChI=1S/C13H22F2N2O3/c1-2-3-4-5-6-11(18)16-10-9-13(14,15)7-8-17(10)12(19)20/h10H,2-9H2,1H3,(H,16,18)(H,19,20). The van der Waals surface area contributed by atoms with E-state index in [1.54, 1.807) is 0 Å². The Morgan fingerprint density at radius 2 is 2.05 bits per heavy atom. The summed E-state index contributed by atoms with van der Waals surface area (Å²) < 4.78 is 26.6. The second-order valence-electron chi connectivity index (χ2n) is 5.18. The van der Waals surface area contributed by atoms with Crippen molar-refractivity contribution >= 4 is 12.0 Å². The first-order valence-corrected chi connectivity index (χ1v) is 7.02. The van der Waals surface area contributed by atoms with Gasteiger partial charge in [-0.05, 0) is 6.42 Å². The van der Waals surface area contributed by atoms with E-state index in [9.17, 15) is 18.4 Å². The van der Waals surface area contributed by atoms with Crippen LogP contribution in [0.15, 0.2) is 0 Å². The molecule has 0 aliphatic carbocycles. The molecule has 0 aromatic heterocycles. The molecule has 2 N–H and O–H groups in total. The van der Waals surface area contributed by atoms with E-state index in [2.05, 4.69) is 12.2 Å². The van der Waals surface area contributed by atoms with Gasteiger partial charge in [-0.25, -0.2) is 13.6 Å². The molecule has 1 fully saturated rings. The number of amides is 2. The Morgan fingerprint density at radius 1 is 1.35 bits per heavy atom. The number of alkyl halides is 2. The number of rotatable bonds is 6. The topological polar surface area (TPSA) is 69.6 Å². The summed E-state index contributed by atoms with van der Waals surface area (Å²) in [5.41, 5.74) is 0. The van der Waals surface area contributed by atoms with Crippen molar-refractivity contribution in [1.29, 1.82) is 0 Å². The maximum Gasteiger partial charge on any atom is 0.408 e. The number of nitrogens with zero attached hydrogens (tertiary/aromatic N) is 1. The molecular weight excluding hydrogens is 270 g/mol. The molecule has 20 heavy (non-hydrogen) atoms. The largest absolute Gasteiger partial charge is 0.465 e. The van der Waals surface area contributed by atoms with Crippen molar-refractivity contribution in [3.8, 4) is 0 Å². The van der Waals surface area contributed by atoms with E-state index in [0.29, 0.717) is 6.42 Å². The van der Waals surface area contributed by atoms with Gasteiger partial charge in [-0.3, -0.25) is 9.69 Å². The van der Waals surface area contributed by atoms with Crippen molar-refractivity contribution in [2.45, 2.75) is 64.0 Å². The Bertz CT molecular complexity index is 351. The first-order chi connectivity index (χ1) is 9.35. The number of unbranched alkanes of at least 4 members (excludes halogenated alkanes) is 3. The third kappa shape index (κ3) is 5.30. The quantitative estimate of drug-likeness (QED) is 0.740. The lowest BCUT2D eigenvalue weighted by atomic mass is 10.0. The minimum absolute atomic E-state index is 0.246. The molecule has 1 unspecified atom stereocenters. The third-order valence-electron chi connectivity index (χ3n) is 3.42. The van der Waals surface area contributed by atoms with Crippen LogP contribution < -0.4 is 5.32 Å². The van der Waals surface area contributed by atoms with E-state index in [1.165, 1.54) is 0 Å². The lowest BCUT2D eigenvalue weighted by Gasteiger charge is -2.37. The summed E-state index contributed by atoms with van der Waals surface area (Å²) >= 11 is 0. The monoisotopic (exact) mass is 292 g/mol. The zero-order valence-corrected chi connectivity index (χ0v) is 11.7. The summed E-state index contributed by atoms with van der Waals surface area (Å²) in [5.74, 6) is -3.29. The molecule has 1 aliphatic heterocycles. The van der Waals surface area contributed by atoms with Gasteiger partial charge in [-0.15, -0.1) is 0 Å². The number of hydrogen-bond donors (Lipinski definition) is 2. The number of piperidine rings is 1. The fourth-order valence-corrected chi connectivity index (χ4v) is 2.26. The van der Waals surface area contributed by atoms with Crippen molar-refractivity contribution in [3.05, 3.63) is 0 Å². The Labute approximate surface area is 117 Å². The van der Waals surface area contributed by atoms with Crippen LogP contribution in [0.5, 0.6) is 0 Å². The summed E-state index contributed by atoms with van der Waals surface area (Å²) in [6.07, 6.45) is 0.354. The molecule has 1 rings (SSSR count). The van der Waals surface area contributed by atoms with Crippen LogP contribution in [0.25, 0.3) is 0 Å². The van der Waals surface area contributed by atoms with Gasteiger partial charge in [-0.1, -0.05) is 26.2 Å². The molecule has 1 heterocycles. The third-order valence-corrected chi connectivity index (χ3v) is 3.42. The molecule has 0 spiro atoms. The first kappa shape index (κ1) is 16.7. The molecule has 2 amide bonds. The first-order valence-electron chi connectivity index (χ1n) is 7.02. The van der Waals surface area contributed by atoms with Crippen molar-refractivity contribution in [2.24, 2.45) is 0 Å². The van der Waals surface area contributed by atoms with E-state index in [0.717, 1.165) is 24.2 Å². The van der Waals surface area contributed by atoms with Crippen molar-refractivity contribution in [3.63, 3.8) is 0 Å². The minimum Gasteiger partial charge on any atom is -0.465 e. The molecule has 0 aromatic carbocycles. The molecule has 1 aliphatic rings. The van der Waals surface area contributed by atoms with Gasteiger partial charge >= 0.3 is 6.09 Å². The molecular formula is C13H22F2N2O3. The molecule has 0 aromatic rings. The fraction of sp³-hybridized carbons (Fsp3) is 0.846. The Kier molecular flexibility index (Phi) is 6.16. The van der Waals surface area contributed by atoms with E-state index in [4.69, 9.17) is 5.11 Å². The lowest BCUT2D eigenvalue weighted by Crippen LogP contribution is -2.57. The second-order valence-corrected chi connectivity index (χ2v) is 5.18. The Balaban J connectivity index is 2.48. The summed E-state index contributed by atoms with van der Waals surface area (Å²) in [6.45, 7) is 1.79. The van der Waals surface area contributed by atoms with Crippen LogP contribution in [-0.4, -0.2) is 40.6 Å². The molecule has 1 atom stereocenters. The lowest BCUT2D eigenvalue weighted by molar-refractivity contribution is -0.126. The molecule has 116 valence electrons. The Hall–Kier alpha value is -1.40. The average Bonchev–Trinajstić information content (AvgIpc) is 2.33. The molecule has 1 saturated heterocycles. The molecule has 0 radical (unpaired) electrons. The van der Waals surface area contributed by atoms with Crippen molar-refractivity contribution in [1.82, 2.24) is 10.2 Å². The number of carbonyl (C=O) groups is 2. The van der Waals surface area contributed by atoms with Crippen LogP contribution in [-0.2, 0) is 4.79 Å². The molecule has 0 saturated carbocycles. The van der Waals surface area contributed by atoms with Gasteiger partial charge in [0.2, 0.25) is 5.91 Å². The highest BCUT2D eigenvalue weighted by Gasteiger charge is 2.42. The van der Waals surface area contributed by atoms with Gasteiger partial charge < -0.3 is 10.4 Å². The van der Waals surface area contributed by atoms with Gasteiger partial charge in [0.25, 0.3) is 5.92 Å². The maximum absolute atomic E-state index is 13.3. The summed E-state index contributed by atoms with van der Waals surface area (Å²) in [7, 11) is 0. The summed E-state index contributed by atoms with van der Waals surface area (Å²) in [4.78, 5) is 23.5. The normalized spacial score (nSPS) is 21.6. The number of hydrogen-bond acceptors (Lipinski definition) is 2. The van der Waals surface area contributed by atoms with E-state index in [-0.39, 0.29) is 18.9 Å². The van der Waals surface area contributed by atoms with Crippen molar-refractivity contribution < 1.29 is 23.5 Å². The second kappa shape index (κ2) is 7.40. The maximum atomic E-state index is 13.3. The van der Waals surface area contributed by atoms with Crippen LogP contribution in [0, 0.1) is 0 Å². The van der Waals surface area contributed by atoms with Crippen LogP contribution in [0.2, 0.25) is 0 Å². The van der Waals surface area contributed by atoms with Gasteiger partial charge in [0, 0.05) is 19.4 Å². The number of carboxylic acid groups (broad SMARTS) is 1. The minimum atomic E-state index is -2.92. The van der Waals surface area contributed by atoms with E-state index in [1.807, 2.05) is 0 Å². The highest BCUT2D eigenvalue weighted by atomic mass is 19.3. The van der Waals surface area contributed by atoms with Gasteiger partial charge in [0.05, 0.1) is 6.42 Å². The number of likely N-dealkylation sites (tertiary alicyclic amines) is 1. The highest BCUT2D eigenvalue weighted by Crippen LogP contribution is 2.30. The predicted octanol–water partition coefficient (Wildman–Crippen LogP) is 2.81. The van der Waals surface area contributed by atoms with Gasteiger partial charge in [-0.2, -0.15) is 0 Å². The van der Waals surface area contributed by atoms with Crippen LogP contribution >= 0.6 is 0 Å². The zero-order chi connectivity index (χ0) is 15.2. The van der Waals surface area contributed by atoms with Crippen LogP contribution in [0.1, 0.15) is 51.9 Å². The zero-order valence-electron chi connectivity index (χ0n) is 11.7. The van der Waals surface area contributed by atoms with Crippen LogP contribution in [0.4, 0.5) is 13.6 Å². The number of halogens is 2. The van der Waals surface area contributed by atoms with E-state index >= 15 is 0 Å². The number of carbonyl (C=O) groups excluding carboxylic acids is 1. The predicted molar refractivity (Wildman–Crippen MR) is 69.6 cm³/mol. The smallest absolute Gasteiger partial charge is 0.408 e. The fourth-order valence-electron chi connectivity index (χ4n) is 2.26. The molecule has 0 bridgehead atoms. The van der Waals surface area contributed by atoms with Gasteiger partial charge in [0.1, 0.15) is 6.17 Å². The Morgan fingerprint density at radius 3 is 2.65 bits per heavy atom. The number of nitrogens with one attached hydrogen (secondary N) is 1. The van der Waals surface area contributed by atoms with Crippen LogP contribution in [0.3, 0.4) is 0 Å².